The van der Waals surface area contributed by atoms with Gasteiger partial charge in [0.2, 0.25) is 0 Å². The van der Waals surface area contributed by atoms with Crippen LogP contribution in [0.2, 0.25) is 0 Å². The first-order valence-corrected chi connectivity index (χ1v) is 6.56. The molecule has 0 N–H and O–H groups in total. The number of nitrogens with zero attached hydrogens (tertiary/aromatic N) is 1. The number of para-hydroxylation sites is 1. The number of carbonyl (C=O) groups excluding carboxylic acids is 1. The van der Waals surface area contributed by atoms with Crippen LogP contribution in [-0.4, -0.2) is 12.1 Å². The van der Waals surface area contributed by atoms with Gasteiger partial charge < -0.3 is 9.47 Å². The molecular formula is C17H15NO3. The van der Waals surface area contributed by atoms with Gasteiger partial charge >= 0.3 is 5.97 Å². The monoisotopic (exact) mass is 281 g/mol. The molecule has 0 radical (unpaired) electrons. The fraction of sp³-hybridized carbons (Fsp3) is 0.176. The molecule has 0 aliphatic rings. The molecule has 0 saturated carbocycles. The van der Waals surface area contributed by atoms with Crippen LogP contribution < -0.4 is 4.74 Å². The van der Waals surface area contributed by atoms with E-state index < -0.39 is 12.1 Å². The smallest absolute Gasteiger partial charge is 0.339 e. The van der Waals surface area contributed by atoms with Gasteiger partial charge in [0.1, 0.15) is 18.4 Å². The summed E-state index contributed by atoms with van der Waals surface area (Å²) in [7, 11) is 0. The number of nitriles is 1. The van der Waals surface area contributed by atoms with Gasteiger partial charge in [-0.3, -0.25) is 0 Å². The maximum Gasteiger partial charge on any atom is 0.339 e. The van der Waals surface area contributed by atoms with Crippen molar-refractivity contribution in [3.8, 4) is 11.8 Å². The first kappa shape index (κ1) is 14.6. The molecule has 0 fully saturated rings. The summed E-state index contributed by atoms with van der Waals surface area (Å²) in [5, 5.41) is 8.61. The predicted octanol–water partition coefficient (Wildman–Crippen LogP) is 3.33. The lowest BCUT2D eigenvalue weighted by atomic mass is 10.1. The molecular weight excluding hydrogens is 266 g/mol. The van der Waals surface area contributed by atoms with E-state index in [4.69, 9.17) is 14.7 Å². The summed E-state index contributed by atoms with van der Waals surface area (Å²) in [6.07, 6.45) is -0.751. The van der Waals surface area contributed by atoms with E-state index in [-0.39, 0.29) is 0 Å². The van der Waals surface area contributed by atoms with Crippen molar-refractivity contribution in [2.24, 2.45) is 0 Å². The highest BCUT2D eigenvalue weighted by Gasteiger charge is 2.10. The minimum Gasteiger partial charge on any atom is -0.489 e. The lowest BCUT2D eigenvalue weighted by Crippen LogP contribution is -2.13. The molecule has 0 heterocycles. The highest BCUT2D eigenvalue weighted by atomic mass is 16.5. The molecule has 0 aliphatic carbocycles. The molecule has 4 heteroatoms. The van der Waals surface area contributed by atoms with Crippen LogP contribution in [0.25, 0.3) is 0 Å². The average Bonchev–Trinajstić information content (AvgIpc) is 2.54. The topological polar surface area (TPSA) is 59.3 Å². The van der Waals surface area contributed by atoms with Gasteiger partial charge in [0, 0.05) is 0 Å². The van der Waals surface area contributed by atoms with E-state index in [9.17, 15) is 4.79 Å². The minimum absolute atomic E-state index is 0.417. The lowest BCUT2D eigenvalue weighted by Gasteiger charge is -2.08. The average molecular weight is 281 g/mol. The van der Waals surface area contributed by atoms with Gasteiger partial charge in [-0.1, -0.05) is 30.3 Å². The van der Waals surface area contributed by atoms with Crippen molar-refractivity contribution in [1.82, 2.24) is 0 Å². The van der Waals surface area contributed by atoms with Gasteiger partial charge in [0.15, 0.2) is 6.10 Å². The van der Waals surface area contributed by atoms with Gasteiger partial charge in [-0.25, -0.2) is 4.79 Å². The largest absolute Gasteiger partial charge is 0.489 e. The second kappa shape index (κ2) is 7.11. The van der Waals surface area contributed by atoms with Crippen LogP contribution >= 0.6 is 0 Å². The number of rotatable bonds is 5. The molecule has 0 aromatic heterocycles. The van der Waals surface area contributed by atoms with Crippen molar-refractivity contribution in [3.05, 3.63) is 65.7 Å². The van der Waals surface area contributed by atoms with Crippen molar-refractivity contribution in [1.29, 1.82) is 5.26 Å². The molecule has 2 aromatic rings. The van der Waals surface area contributed by atoms with Crippen LogP contribution in [0.5, 0.6) is 5.75 Å². The number of esters is 1. The van der Waals surface area contributed by atoms with Crippen LogP contribution in [0.15, 0.2) is 54.6 Å². The van der Waals surface area contributed by atoms with Crippen LogP contribution in [0.1, 0.15) is 22.8 Å². The number of hydrogen-bond donors (Lipinski definition) is 0. The van der Waals surface area contributed by atoms with Crippen molar-refractivity contribution in [2.45, 2.75) is 19.6 Å². The Kier molecular flexibility index (Phi) is 4.94. The van der Waals surface area contributed by atoms with Crippen molar-refractivity contribution < 1.29 is 14.3 Å². The third-order valence-electron chi connectivity index (χ3n) is 2.80. The summed E-state index contributed by atoms with van der Waals surface area (Å²) in [5.41, 5.74) is 1.37. The van der Waals surface area contributed by atoms with Gasteiger partial charge in [-0.2, -0.15) is 5.26 Å². The predicted molar refractivity (Wildman–Crippen MR) is 77.7 cm³/mol. The fourth-order valence-electron chi connectivity index (χ4n) is 1.68. The van der Waals surface area contributed by atoms with E-state index >= 15 is 0 Å². The number of benzene rings is 2. The molecule has 0 bridgehead atoms. The molecule has 0 spiro atoms. The normalized spacial score (nSPS) is 11.2. The van der Waals surface area contributed by atoms with Crippen molar-refractivity contribution >= 4 is 5.97 Å². The molecule has 0 saturated heterocycles. The van der Waals surface area contributed by atoms with Gasteiger partial charge in [0.05, 0.1) is 5.56 Å². The first-order chi connectivity index (χ1) is 10.2. The summed E-state index contributed by atoms with van der Waals surface area (Å²) >= 11 is 0. The molecule has 4 nitrogen and oxygen atoms in total. The standard InChI is InChI=1S/C17H15NO3/c1-13(11-18)21-17(19)15-9-7-14(8-10-15)12-20-16-5-3-2-4-6-16/h2-10,13H,12H2,1H3/t13-/m1/s1. The van der Waals surface area contributed by atoms with Crippen LogP contribution in [0.4, 0.5) is 0 Å². The van der Waals surface area contributed by atoms with E-state index in [2.05, 4.69) is 0 Å². The minimum atomic E-state index is -0.751. The molecule has 0 aliphatic heterocycles. The summed E-state index contributed by atoms with van der Waals surface area (Å²) in [5.74, 6) is 0.295. The van der Waals surface area contributed by atoms with Gasteiger partial charge in [-0.15, -0.1) is 0 Å². The Balaban J connectivity index is 1.93. The first-order valence-electron chi connectivity index (χ1n) is 6.56. The maximum atomic E-state index is 11.7. The van der Waals surface area contributed by atoms with Crippen LogP contribution in [0.3, 0.4) is 0 Å². The Morgan fingerprint density at radius 2 is 1.81 bits per heavy atom. The zero-order valence-electron chi connectivity index (χ0n) is 11.7. The Labute approximate surface area is 123 Å². The molecule has 2 aromatic carbocycles. The van der Waals surface area contributed by atoms with Crippen LogP contribution in [0, 0.1) is 11.3 Å². The third kappa shape index (κ3) is 4.36. The second-order valence-electron chi connectivity index (χ2n) is 4.48. The Morgan fingerprint density at radius 3 is 2.43 bits per heavy atom. The number of hydrogen-bond acceptors (Lipinski definition) is 4. The zero-order chi connectivity index (χ0) is 15.1. The van der Waals surface area contributed by atoms with E-state index in [1.165, 1.54) is 6.92 Å². The molecule has 1 atom stereocenters. The summed E-state index contributed by atoms with van der Waals surface area (Å²) < 4.78 is 10.5. The van der Waals surface area contributed by atoms with Crippen molar-refractivity contribution in [3.63, 3.8) is 0 Å². The SMILES string of the molecule is C[C@H](C#N)OC(=O)c1ccc(COc2ccccc2)cc1. The van der Waals surface area contributed by atoms with Gasteiger partial charge in [0.25, 0.3) is 0 Å². The van der Waals surface area contributed by atoms with E-state index in [1.807, 2.05) is 36.4 Å². The maximum absolute atomic E-state index is 11.7. The lowest BCUT2D eigenvalue weighted by molar-refractivity contribution is 0.0435. The fourth-order valence-corrected chi connectivity index (χ4v) is 1.68. The summed E-state index contributed by atoms with van der Waals surface area (Å²) in [6, 6.07) is 18.3. The number of carbonyl (C=O) groups is 1. The highest BCUT2D eigenvalue weighted by molar-refractivity contribution is 5.89. The summed E-state index contributed by atoms with van der Waals surface area (Å²) in [4.78, 5) is 11.7. The van der Waals surface area contributed by atoms with E-state index in [0.29, 0.717) is 12.2 Å². The Morgan fingerprint density at radius 1 is 1.14 bits per heavy atom. The summed E-state index contributed by atoms with van der Waals surface area (Å²) in [6.45, 7) is 1.95. The van der Waals surface area contributed by atoms with Gasteiger partial charge in [-0.05, 0) is 36.8 Å². The molecule has 106 valence electrons. The zero-order valence-corrected chi connectivity index (χ0v) is 11.7. The van der Waals surface area contributed by atoms with Crippen LogP contribution in [-0.2, 0) is 11.3 Å². The van der Waals surface area contributed by atoms with E-state index in [0.717, 1.165) is 11.3 Å². The Hall–Kier alpha value is -2.80. The molecule has 0 amide bonds. The highest BCUT2D eigenvalue weighted by Crippen LogP contribution is 2.13. The number of ether oxygens (including phenoxy) is 2. The Bertz CT molecular complexity index is 629. The second-order valence-corrected chi connectivity index (χ2v) is 4.48. The molecule has 21 heavy (non-hydrogen) atoms. The van der Waals surface area contributed by atoms with E-state index in [1.54, 1.807) is 24.3 Å². The third-order valence-corrected chi connectivity index (χ3v) is 2.80. The molecule has 0 unspecified atom stereocenters. The molecule has 2 rings (SSSR count). The van der Waals surface area contributed by atoms with Crippen molar-refractivity contribution in [2.75, 3.05) is 0 Å². The quantitative estimate of drug-likeness (QED) is 0.789.